The molecule has 1 aromatic rings. The molecule has 0 bridgehead atoms. The molecule has 0 fully saturated rings. The van der Waals surface area contributed by atoms with Crippen LogP contribution >= 0.6 is 0 Å². The van der Waals surface area contributed by atoms with Gasteiger partial charge in [-0.1, -0.05) is 32.9 Å². The molecular formula is C16H27FN2. The zero-order valence-corrected chi connectivity index (χ0v) is 12.5. The van der Waals surface area contributed by atoms with Crippen molar-refractivity contribution in [2.75, 3.05) is 19.6 Å². The van der Waals surface area contributed by atoms with E-state index in [0.717, 1.165) is 50.1 Å². The maximum absolute atomic E-state index is 13.9. The monoisotopic (exact) mass is 266 g/mol. The fourth-order valence-electron chi connectivity index (χ4n) is 2.27. The highest BCUT2D eigenvalue weighted by molar-refractivity contribution is 5.25. The molecule has 108 valence electrons. The van der Waals surface area contributed by atoms with Gasteiger partial charge in [0, 0.05) is 18.7 Å². The van der Waals surface area contributed by atoms with Gasteiger partial charge in [0.1, 0.15) is 5.82 Å². The lowest BCUT2D eigenvalue weighted by molar-refractivity contribution is 0.262. The second-order valence-corrected chi connectivity index (χ2v) is 4.98. The largest absolute Gasteiger partial charge is 0.313 e. The molecule has 0 amide bonds. The molecule has 3 heteroatoms. The lowest BCUT2D eigenvalue weighted by atomic mass is 10.1. The highest BCUT2D eigenvalue weighted by atomic mass is 19.1. The van der Waals surface area contributed by atoms with Gasteiger partial charge in [0.2, 0.25) is 0 Å². The van der Waals surface area contributed by atoms with E-state index in [9.17, 15) is 4.39 Å². The van der Waals surface area contributed by atoms with Gasteiger partial charge >= 0.3 is 0 Å². The maximum Gasteiger partial charge on any atom is 0.127 e. The SMILES string of the molecule is CCCN(CCC)Cc1cc(CNCC)ccc1F. The molecule has 0 radical (unpaired) electrons. The molecule has 1 aromatic carbocycles. The van der Waals surface area contributed by atoms with E-state index in [1.807, 2.05) is 12.1 Å². The first-order valence-electron chi connectivity index (χ1n) is 7.41. The molecule has 0 unspecified atom stereocenters. The Kier molecular flexibility index (Phi) is 7.68. The number of nitrogens with one attached hydrogen (secondary N) is 1. The van der Waals surface area contributed by atoms with Crippen molar-refractivity contribution in [2.24, 2.45) is 0 Å². The highest BCUT2D eigenvalue weighted by Gasteiger charge is 2.09. The first-order valence-corrected chi connectivity index (χ1v) is 7.41. The van der Waals surface area contributed by atoms with E-state index in [2.05, 4.69) is 31.0 Å². The molecule has 1 rings (SSSR count). The lowest BCUT2D eigenvalue weighted by Crippen LogP contribution is -2.25. The number of hydrogen-bond acceptors (Lipinski definition) is 2. The van der Waals surface area contributed by atoms with Gasteiger partial charge in [-0.2, -0.15) is 0 Å². The number of rotatable bonds is 9. The molecule has 0 heterocycles. The maximum atomic E-state index is 13.9. The van der Waals surface area contributed by atoms with Crippen LogP contribution in [0.1, 0.15) is 44.7 Å². The summed E-state index contributed by atoms with van der Waals surface area (Å²) in [6, 6.07) is 5.46. The third-order valence-corrected chi connectivity index (χ3v) is 3.16. The molecule has 0 aliphatic heterocycles. The van der Waals surface area contributed by atoms with Crippen molar-refractivity contribution >= 4 is 0 Å². The summed E-state index contributed by atoms with van der Waals surface area (Å²) in [6.07, 6.45) is 2.22. The summed E-state index contributed by atoms with van der Waals surface area (Å²) in [5.41, 5.74) is 1.98. The molecule has 0 atom stereocenters. The molecule has 2 nitrogen and oxygen atoms in total. The van der Waals surface area contributed by atoms with E-state index >= 15 is 0 Å². The Morgan fingerprint density at radius 3 is 2.37 bits per heavy atom. The Balaban J connectivity index is 2.73. The molecule has 0 aromatic heterocycles. The fraction of sp³-hybridized carbons (Fsp3) is 0.625. The van der Waals surface area contributed by atoms with Gasteiger partial charge in [-0.25, -0.2) is 4.39 Å². The molecule has 19 heavy (non-hydrogen) atoms. The van der Waals surface area contributed by atoms with E-state index in [-0.39, 0.29) is 5.82 Å². The molecule has 0 spiro atoms. The molecule has 0 aliphatic carbocycles. The molecule has 0 saturated carbocycles. The van der Waals surface area contributed by atoms with Crippen LogP contribution in [0.2, 0.25) is 0 Å². The van der Waals surface area contributed by atoms with Crippen LogP contribution in [0.3, 0.4) is 0 Å². The van der Waals surface area contributed by atoms with Crippen LogP contribution in [0.5, 0.6) is 0 Å². The van der Waals surface area contributed by atoms with E-state index in [1.54, 1.807) is 6.07 Å². The van der Waals surface area contributed by atoms with Crippen LogP contribution in [-0.4, -0.2) is 24.5 Å². The van der Waals surface area contributed by atoms with Crippen molar-refractivity contribution in [1.29, 1.82) is 0 Å². The smallest absolute Gasteiger partial charge is 0.127 e. The first kappa shape index (κ1) is 16.1. The Morgan fingerprint density at radius 2 is 1.79 bits per heavy atom. The van der Waals surface area contributed by atoms with Gasteiger partial charge in [0.25, 0.3) is 0 Å². The van der Waals surface area contributed by atoms with Crippen molar-refractivity contribution < 1.29 is 4.39 Å². The number of benzene rings is 1. The van der Waals surface area contributed by atoms with Gasteiger partial charge in [-0.05, 0) is 44.1 Å². The van der Waals surface area contributed by atoms with E-state index in [4.69, 9.17) is 0 Å². The van der Waals surface area contributed by atoms with E-state index < -0.39 is 0 Å². The minimum atomic E-state index is -0.0857. The third-order valence-electron chi connectivity index (χ3n) is 3.16. The van der Waals surface area contributed by atoms with Crippen molar-refractivity contribution in [3.63, 3.8) is 0 Å². The Hall–Kier alpha value is -0.930. The summed E-state index contributed by atoms with van der Waals surface area (Å²) in [6.45, 7) is 10.9. The zero-order valence-electron chi connectivity index (χ0n) is 12.5. The average Bonchev–Trinajstić information content (AvgIpc) is 2.40. The Bertz CT molecular complexity index is 360. The molecular weight excluding hydrogens is 239 g/mol. The van der Waals surface area contributed by atoms with E-state index in [0.29, 0.717) is 6.54 Å². The Labute approximate surface area is 117 Å². The summed E-state index contributed by atoms with van der Waals surface area (Å²) in [5.74, 6) is -0.0857. The summed E-state index contributed by atoms with van der Waals surface area (Å²) >= 11 is 0. The van der Waals surface area contributed by atoms with Crippen LogP contribution in [-0.2, 0) is 13.1 Å². The highest BCUT2D eigenvalue weighted by Crippen LogP contribution is 2.14. The van der Waals surface area contributed by atoms with Gasteiger partial charge < -0.3 is 5.32 Å². The minimum absolute atomic E-state index is 0.0857. The van der Waals surface area contributed by atoms with Crippen molar-refractivity contribution in [3.8, 4) is 0 Å². The summed E-state index contributed by atoms with van der Waals surface area (Å²) in [5, 5.41) is 3.28. The van der Waals surface area contributed by atoms with E-state index in [1.165, 1.54) is 0 Å². The average molecular weight is 266 g/mol. The van der Waals surface area contributed by atoms with Crippen LogP contribution in [0, 0.1) is 5.82 Å². The quantitative estimate of drug-likeness (QED) is 0.735. The number of nitrogens with zero attached hydrogens (tertiary/aromatic N) is 1. The first-order chi connectivity index (χ1) is 9.21. The molecule has 0 saturated heterocycles. The standard InChI is InChI=1S/C16H27FN2/c1-4-9-19(10-5-2)13-15-11-14(12-18-6-3)7-8-16(15)17/h7-8,11,18H,4-6,9-10,12-13H2,1-3H3. The fourth-order valence-corrected chi connectivity index (χ4v) is 2.27. The van der Waals surface area contributed by atoms with Crippen LogP contribution < -0.4 is 5.32 Å². The van der Waals surface area contributed by atoms with Gasteiger partial charge in [-0.3, -0.25) is 4.90 Å². The summed E-state index contributed by atoms with van der Waals surface area (Å²) in [7, 11) is 0. The summed E-state index contributed by atoms with van der Waals surface area (Å²) < 4.78 is 13.9. The van der Waals surface area contributed by atoms with Crippen LogP contribution in [0.4, 0.5) is 4.39 Å². The van der Waals surface area contributed by atoms with Crippen molar-refractivity contribution in [2.45, 2.75) is 46.7 Å². The summed E-state index contributed by atoms with van der Waals surface area (Å²) in [4.78, 5) is 2.33. The number of halogens is 1. The normalized spacial score (nSPS) is 11.2. The molecule has 1 N–H and O–H groups in total. The number of hydrogen-bond donors (Lipinski definition) is 1. The predicted octanol–water partition coefficient (Wildman–Crippen LogP) is 3.56. The van der Waals surface area contributed by atoms with Crippen molar-refractivity contribution in [3.05, 3.63) is 35.1 Å². The minimum Gasteiger partial charge on any atom is -0.313 e. The van der Waals surface area contributed by atoms with Crippen LogP contribution in [0.15, 0.2) is 18.2 Å². The topological polar surface area (TPSA) is 15.3 Å². The second-order valence-electron chi connectivity index (χ2n) is 4.98. The Morgan fingerprint density at radius 1 is 1.11 bits per heavy atom. The van der Waals surface area contributed by atoms with Gasteiger partial charge in [0.05, 0.1) is 0 Å². The second kappa shape index (κ2) is 9.05. The van der Waals surface area contributed by atoms with Gasteiger partial charge in [-0.15, -0.1) is 0 Å². The van der Waals surface area contributed by atoms with Gasteiger partial charge in [0.15, 0.2) is 0 Å². The van der Waals surface area contributed by atoms with Crippen LogP contribution in [0.25, 0.3) is 0 Å². The third kappa shape index (κ3) is 5.70. The predicted molar refractivity (Wildman–Crippen MR) is 79.6 cm³/mol. The van der Waals surface area contributed by atoms with Crippen molar-refractivity contribution in [1.82, 2.24) is 10.2 Å². The lowest BCUT2D eigenvalue weighted by Gasteiger charge is -2.21. The zero-order chi connectivity index (χ0) is 14.1. The molecule has 0 aliphatic rings.